The highest BCUT2D eigenvalue weighted by Crippen LogP contribution is 2.31. The van der Waals surface area contributed by atoms with Crippen molar-refractivity contribution in [2.24, 2.45) is 18.9 Å². The zero-order valence-electron chi connectivity index (χ0n) is 13.3. The van der Waals surface area contributed by atoms with Crippen LogP contribution in [0.2, 0.25) is 0 Å². The maximum Gasteiger partial charge on any atom is 0.306 e. The van der Waals surface area contributed by atoms with Crippen molar-refractivity contribution in [2.45, 2.75) is 32.2 Å². The Morgan fingerprint density at radius 1 is 1.30 bits per heavy atom. The summed E-state index contributed by atoms with van der Waals surface area (Å²) in [7, 11) is 1.93. The maximum absolute atomic E-state index is 12.4. The van der Waals surface area contributed by atoms with Crippen molar-refractivity contribution in [1.29, 1.82) is 0 Å². The van der Waals surface area contributed by atoms with Gasteiger partial charge in [0.25, 0.3) is 0 Å². The number of carbonyl (C=O) groups is 2. The summed E-state index contributed by atoms with van der Waals surface area (Å²) in [6.45, 7) is 1.91. The molecule has 1 unspecified atom stereocenters. The van der Waals surface area contributed by atoms with E-state index in [2.05, 4.69) is 10.3 Å². The Kier molecular flexibility index (Phi) is 4.07. The van der Waals surface area contributed by atoms with E-state index >= 15 is 0 Å². The van der Waals surface area contributed by atoms with Gasteiger partial charge in [0.1, 0.15) is 5.82 Å². The van der Waals surface area contributed by atoms with Gasteiger partial charge < -0.3 is 15.0 Å². The number of aryl methyl sites for hydroxylation is 1. The Bertz CT molecular complexity index is 753. The normalized spacial score (nSPS) is 22.2. The molecule has 1 heterocycles. The zero-order valence-corrected chi connectivity index (χ0v) is 13.3. The van der Waals surface area contributed by atoms with Crippen molar-refractivity contribution in [3.8, 4) is 0 Å². The van der Waals surface area contributed by atoms with E-state index in [0.29, 0.717) is 19.3 Å². The molecule has 23 heavy (non-hydrogen) atoms. The molecule has 1 saturated carbocycles. The van der Waals surface area contributed by atoms with E-state index in [-0.39, 0.29) is 17.9 Å². The van der Waals surface area contributed by atoms with Crippen molar-refractivity contribution in [3.05, 3.63) is 30.1 Å². The summed E-state index contributed by atoms with van der Waals surface area (Å²) in [5.41, 5.74) is 1.92. The number of nitrogens with one attached hydrogen (secondary N) is 1. The van der Waals surface area contributed by atoms with E-state index in [9.17, 15) is 9.59 Å². The fourth-order valence-corrected chi connectivity index (χ4v) is 3.39. The Morgan fingerprint density at radius 3 is 2.65 bits per heavy atom. The van der Waals surface area contributed by atoms with E-state index in [1.807, 2.05) is 42.8 Å². The quantitative estimate of drug-likeness (QED) is 0.906. The minimum Gasteiger partial charge on any atom is -0.481 e. The molecule has 1 fully saturated rings. The van der Waals surface area contributed by atoms with Crippen LogP contribution in [0.5, 0.6) is 0 Å². The predicted molar refractivity (Wildman–Crippen MR) is 85.7 cm³/mol. The average molecular weight is 315 g/mol. The number of aromatic nitrogens is 2. The first-order valence-electron chi connectivity index (χ1n) is 7.92. The highest BCUT2D eigenvalue weighted by molar-refractivity contribution is 5.81. The number of carbonyl (C=O) groups excluding carboxylic acids is 1. The zero-order chi connectivity index (χ0) is 16.6. The van der Waals surface area contributed by atoms with Crippen LogP contribution < -0.4 is 5.32 Å². The van der Waals surface area contributed by atoms with E-state index in [1.54, 1.807) is 0 Å². The lowest BCUT2D eigenvalue weighted by Gasteiger charge is -2.17. The summed E-state index contributed by atoms with van der Waals surface area (Å²) >= 11 is 0. The van der Waals surface area contributed by atoms with Gasteiger partial charge in [-0.3, -0.25) is 9.59 Å². The van der Waals surface area contributed by atoms with Crippen LogP contribution in [0.3, 0.4) is 0 Å². The largest absolute Gasteiger partial charge is 0.481 e. The summed E-state index contributed by atoms with van der Waals surface area (Å²) in [6.07, 6.45) is 1.64. The van der Waals surface area contributed by atoms with Crippen molar-refractivity contribution in [2.75, 3.05) is 0 Å². The van der Waals surface area contributed by atoms with E-state index in [1.165, 1.54) is 0 Å². The van der Waals surface area contributed by atoms with Crippen molar-refractivity contribution < 1.29 is 14.7 Å². The number of carboxylic acids is 1. The number of imidazole rings is 1. The van der Waals surface area contributed by atoms with Crippen LogP contribution in [0.15, 0.2) is 24.3 Å². The lowest BCUT2D eigenvalue weighted by molar-refractivity contribution is -0.141. The molecule has 0 spiro atoms. The molecule has 1 aromatic carbocycles. The topological polar surface area (TPSA) is 84.2 Å². The fraction of sp³-hybridized carbons (Fsp3) is 0.471. The highest BCUT2D eigenvalue weighted by Gasteiger charge is 2.34. The number of rotatable bonds is 4. The van der Waals surface area contributed by atoms with Gasteiger partial charge in [-0.05, 0) is 38.3 Å². The summed E-state index contributed by atoms with van der Waals surface area (Å²) in [5, 5.41) is 12.0. The van der Waals surface area contributed by atoms with Crippen LogP contribution in [0.4, 0.5) is 0 Å². The number of aliphatic carboxylic acids is 1. The fourth-order valence-electron chi connectivity index (χ4n) is 3.39. The van der Waals surface area contributed by atoms with E-state index < -0.39 is 11.9 Å². The molecule has 3 atom stereocenters. The first-order chi connectivity index (χ1) is 11.0. The minimum absolute atomic E-state index is 0.0756. The van der Waals surface area contributed by atoms with Crippen molar-refractivity contribution >= 4 is 22.9 Å². The standard InChI is InChI=1S/C17H21N3O3/c1-10(15-19-13-5-3-4-6-14(13)20(15)2)18-16(21)11-7-8-12(9-11)17(22)23/h3-6,10-12H,7-9H2,1-2H3,(H,18,21)(H,22,23)/t10?,11-,12+/m1/s1. The molecule has 0 saturated heterocycles. The smallest absolute Gasteiger partial charge is 0.306 e. The van der Waals surface area contributed by atoms with Gasteiger partial charge in [0.15, 0.2) is 0 Å². The lowest BCUT2D eigenvalue weighted by Crippen LogP contribution is -2.33. The van der Waals surface area contributed by atoms with Crippen molar-refractivity contribution in [3.63, 3.8) is 0 Å². The molecule has 1 aliphatic carbocycles. The number of hydrogen-bond acceptors (Lipinski definition) is 3. The molecule has 6 nitrogen and oxygen atoms in total. The third-order valence-electron chi connectivity index (χ3n) is 4.72. The number of amides is 1. The first kappa shape index (κ1) is 15.5. The van der Waals surface area contributed by atoms with Gasteiger partial charge in [-0.1, -0.05) is 12.1 Å². The number of benzene rings is 1. The molecule has 3 rings (SSSR count). The van der Waals surface area contributed by atoms with Gasteiger partial charge in [-0.15, -0.1) is 0 Å². The molecular weight excluding hydrogens is 294 g/mol. The summed E-state index contributed by atoms with van der Waals surface area (Å²) in [6, 6.07) is 7.62. The molecule has 2 aromatic rings. The van der Waals surface area contributed by atoms with E-state index in [4.69, 9.17) is 5.11 Å². The molecule has 0 bridgehead atoms. The lowest BCUT2D eigenvalue weighted by atomic mass is 10.0. The molecular formula is C17H21N3O3. The van der Waals surface area contributed by atoms with Crippen LogP contribution in [0.25, 0.3) is 11.0 Å². The average Bonchev–Trinajstić information content (AvgIpc) is 3.13. The second-order valence-corrected chi connectivity index (χ2v) is 6.29. The number of nitrogens with zero attached hydrogens (tertiary/aromatic N) is 2. The van der Waals surface area contributed by atoms with Crippen LogP contribution in [-0.4, -0.2) is 26.5 Å². The molecule has 2 N–H and O–H groups in total. The number of carboxylic acid groups (broad SMARTS) is 1. The van der Waals surface area contributed by atoms with Gasteiger partial charge in [-0.25, -0.2) is 4.98 Å². The van der Waals surface area contributed by atoms with Gasteiger partial charge in [0.05, 0.1) is 23.0 Å². The van der Waals surface area contributed by atoms with Gasteiger partial charge in [0.2, 0.25) is 5.91 Å². The molecule has 6 heteroatoms. The summed E-state index contributed by atoms with van der Waals surface area (Å²) in [5.74, 6) is -0.686. The Labute approximate surface area is 134 Å². The monoisotopic (exact) mass is 315 g/mol. The SMILES string of the molecule is CC(NC(=O)[C@@H]1CC[C@H](C(=O)O)C1)c1nc2ccccc2n1C. The Morgan fingerprint density at radius 2 is 2.00 bits per heavy atom. The Hall–Kier alpha value is -2.37. The second-order valence-electron chi connectivity index (χ2n) is 6.29. The molecule has 122 valence electrons. The molecule has 0 aliphatic heterocycles. The van der Waals surface area contributed by atoms with Gasteiger partial charge >= 0.3 is 5.97 Å². The third-order valence-corrected chi connectivity index (χ3v) is 4.72. The van der Waals surface area contributed by atoms with Gasteiger partial charge in [-0.2, -0.15) is 0 Å². The third kappa shape index (κ3) is 2.93. The van der Waals surface area contributed by atoms with Crippen LogP contribution in [0, 0.1) is 11.8 Å². The van der Waals surface area contributed by atoms with E-state index in [0.717, 1.165) is 16.9 Å². The predicted octanol–water partition coefficient (Wildman–Crippen LogP) is 2.25. The number of hydrogen-bond donors (Lipinski definition) is 2. The summed E-state index contributed by atoms with van der Waals surface area (Å²) in [4.78, 5) is 28.0. The Balaban J connectivity index is 1.71. The van der Waals surface area contributed by atoms with Gasteiger partial charge in [0, 0.05) is 13.0 Å². The molecule has 1 aliphatic rings. The molecule has 1 aromatic heterocycles. The van der Waals surface area contributed by atoms with Crippen LogP contribution >= 0.6 is 0 Å². The minimum atomic E-state index is -0.802. The number of para-hydroxylation sites is 2. The highest BCUT2D eigenvalue weighted by atomic mass is 16.4. The van der Waals surface area contributed by atoms with Crippen LogP contribution in [-0.2, 0) is 16.6 Å². The number of fused-ring (bicyclic) bond motifs is 1. The van der Waals surface area contributed by atoms with Crippen molar-refractivity contribution in [1.82, 2.24) is 14.9 Å². The first-order valence-corrected chi connectivity index (χ1v) is 7.92. The summed E-state index contributed by atoms with van der Waals surface area (Å²) < 4.78 is 1.98. The van der Waals surface area contributed by atoms with Crippen LogP contribution in [0.1, 0.15) is 38.1 Å². The molecule has 1 amide bonds. The molecule has 0 radical (unpaired) electrons. The maximum atomic E-state index is 12.4. The second kappa shape index (κ2) is 6.02.